The lowest BCUT2D eigenvalue weighted by atomic mass is 10.0. The van der Waals surface area contributed by atoms with Crippen LogP contribution in [0.2, 0.25) is 0 Å². The van der Waals surface area contributed by atoms with Crippen molar-refractivity contribution in [1.29, 1.82) is 0 Å². The standard InChI is InChI=1S/C10H18N4O4/c1-10(15,4-5-18-3)7-11-9-8(14(16)17)6-13(2)12-9/h6,15H,4-5,7H2,1-3H3,(H,11,12). The Balaban J connectivity index is 2.65. The number of anilines is 1. The van der Waals surface area contributed by atoms with Crippen LogP contribution in [0.25, 0.3) is 0 Å². The van der Waals surface area contributed by atoms with Crippen LogP contribution in [-0.2, 0) is 11.8 Å². The number of aromatic nitrogens is 2. The van der Waals surface area contributed by atoms with Crippen LogP contribution in [0.4, 0.5) is 11.5 Å². The van der Waals surface area contributed by atoms with Gasteiger partial charge in [-0.25, -0.2) is 0 Å². The van der Waals surface area contributed by atoms with Crippen molar-refractivity contribution in [2.24, 2.45) is 7.05 Å². The lowest BCUT2D eigenvalue weighted by Crippen LogP contribution is -2.34. The summed E-state index contributed by atoms with van der Waals surface area (Å²) >= 11 is 0. The summed E-state index contributed by atoms with van der Waals surface area (Å²) in [5, 5.41) is 27.5. The number of nitro groups is 1. The van der Waals surface area contributed by atoms with Crippen LogP contribution in [0, 0.1) is 10.1 Å². The topological polar surface area (TPSA) is 102 Å². The summed E-state index contributed by atoms with van der Waals surface area (Å²) in [4.78, 5) is 10.2. The molecule has 0 spiro atoms. The zero-order valence-corrected chi connectivity index (χ0v) is 10.7. The minimum atomic E-state index is -1.01. The van der Waals surface area contributed by atoms with Gasteiger partial charge in [0.1, 0.15) is 6.20 Å². The molecule has 0 bridgehead atoms. The van der Waals surface area contributed by atoms with Gasteiger partial charge in [-0.2, -0.15) is 0 Å². The van der Waals surface area contributed by atoms with E-state index >= 15 is 0 Å². The van der Waals surface area contributed by atoms with E-state index in [1.807, 2.05) is 0 Å². The Bertz CT molecular complexity index is 416. The Labute approximate surface area is 105 Å². The monoisotopic (exact) mass is 258 g/mol. The van der Waals surface area contributed by atoms with Gasteiger partial charge in [0.15, 0.2) is 0 Å². The van der Waals surface area contributed by atoms with Gasteiger partial charge >= 0.3 is 5.69 Å². The number of aliphatic hydroxyl groups is 1. The number of nitrogens with zero attached hydrogens (tertiary/aromatic N) is 3. The molecular formula is C10H18N4O4. The summed E-state index contributed by atoms with van der Waals surface area (Å²) in [5.74, 6) is 0.153. The Hall–Kier alpha value is -1.67. The van der Waals surface area contributed by atoms with E-state index in [2.05, 4.69) is 10.4 Å². The molecule has 1 heterocycles. The summed E-state index contributed by atoms with van der Waals surface area (Å²) < 4.78 is 6.23. The molecule has 0 saturated heterocycles. The third-order valence-corrected chi connectivity index (χ3v) is 2.49. The second-order valence-corrected chi connectivity index (χ2v) is 4.39. The van der Waals surface area contributed by atoms with E-state index in [9.17, 15) is 15.2 Å². The summed E-state index contributed by atoms with van der Waals surface area (Å²) in [6, 6.07) is 0. The van der Waals surface area contributed by atoms with Gasteiger partial charge in [0.2, 0.25) is 5.82 Å². The van der Waals surface area contributed by atoms with E-state index in [1.165, 1.54) is 10.9 Å². The Morgan fingerprint density at radius 3 is 2.94 bits per heavy atom. The molecule has 102 valence electrons. The van der Waals surface area contributed by atoms with Gasteiger partial charge in [0.05, 0.1) is 10.5 Å². The molecule has 1 atom stereocenters. The van der Waals surface area contributed by atoms with Crippen LogP contribution in [-0.4, -0.2) is 45.7 Å². The highest BCUT2D eigenvalue weighted by Gasteiger charge is 2.24. The number of rotatable bonds is 7. The molecule has 2 N–H and O–H groups in total. The normalized spacial score (nSPS) is 14.2. The van der Waals surface area contributed by atoms with E-state index in [1.54, 1.807) is 21.1 Å². The highest BCUT2D eigenvalue weighted by atomic mass is 16.6. The van der Waals surface area contributed by atoms with Crippen LogP contribution in [0.15, 0.2) is 6.20 Å². The molecular weight excluding hydrogens is 240 g/mol. The van der Waals surface area contributed by atoms with E-state index in [0.717, 1.165) is 0 Å². The molecule has 0 aliphatic rings. The Morgan fingerprint density at radius 2 is 2.39 bits per heavy atom. The molecule has 1 aromatic heterocycles. The molecule has 1 aromatic rings. The van der Waals surface area contributed by atoms with E-state index in [0.29, 0.717) is 13.0 Å². The third-order valence-electron chi connectivity index (χ3n) is 2.49. The molecule has 0 amide bonds. The number of hydrogen-bond donors (Lipinski definition) is 2. The van der Waals surface area contributed by atoms with Crippen molar-refractivity contribution in [2.75, 3.05) is 25.6 Å². The van der Waals surface area contributed by atoms with E-state index in [-0.39, 0.29) is 18.1 Å². The lowest BCUT2D eigenvalue weighted by Gasteiger charge is -2.22. The number of ether oxygens (including phenoxy) is 1. The van der Waals surface area contributed by atoms with Crippen LogP contribution < -0.4 is 5.32 Å². The van der Waals surface area contributed by atoms with Crippen LogP contribution in [0.3, 0.4) is 0 Å². The highest BCUT2D eigenvalue weighted by molar-refractivity contribution is 5.54. The Morgan fingerprint density at radius 1 is 1.72 bits per heavy atom. The minimum Gasteiger partial charge on any atom is -0.388 e. The van der Waals surface area contributed by atoms with Gasteiger partial charge in [0.25, 0.3) is 0 Å². The molecule has 0 fully saturated rings. The van der Waals surface area contributed by atoms with Crippen molar-refractivity contribution in [2.45, 2.75) is 18.9 Å². The first-order valence-electron chi connectivity index (χ1n) is 5.49. The summed E-state index contributed by atoms with van der Waals surface area (Å²) in [6.07, 6.45) is 1.74. The van der Waals surface area contributed by atoms with Gasteiger partial charge in [-0.15, -0.1) is 5.10 Å². The van der Waals surface area contributed by atoms with Gasteiger partial charge in [0, 0.05) is 33.7 Å². The molecule has 0 radical (unpaired) electrons. The fraction of sp³-hybridized carbons (Fsp3) is 0.700. The van der Waals surface area contributed by atoms with Crippen LogP contribution in [0.1, 0.15) is 13.3 Å². The molecule has 8 heteroatoms. The molecule has 0 saturated carbocycles. The zero-order valence-electron chi connectivity index (χ0n) is 10.7. The van der Waals surface area contributed by atoms with E-state index < -0.39 is 10.5 Å². The molecule has 8 nitrogen and oxygen atoms in total. The second-order valence-electron chi connectivity index (χ2n) is 4.39. The maximum atomic E-state index is 10.8. The summed E-state index contributed by atoms with van der Waals surface area (Å²) in [7, 11) is 3.15. The first-order chi connectivity index (χ1) is 8.35. The number of methoxy groups -OCH3 is 1. The zero-order chi connectivity index (χ0) is 13.8. The highest BCUT2D eigenvalue weighted by Crippen LogP contribution is 2.22. The van der Waals surface area contributed by atoms with E-state index in [4.69, 9.17) is 4.74 Å². The molecule has 1 rings (SSSR count). The third kappa shape index (κ3) is 3.97. The fourth-order valence-corrected chi connectivity index (χ4v) is 1.42. The largest absolute Gasteiger partial charge is 0.388 e. The molecule has 0 aliphatic carbocycles. The van der Waals surface area contributed by atoms with Gasteiger partial charge in [-0.05, 0) is 6.92 Å². The SMILES string of the molecule is COCCC(C)(O)CNc1nn(C)cc1[N+](=O)[O-]. The quantitative estimate of drug-likeness (QED) is 0.546. The first kappa shape index (κ1) is 14.4. The lowest BCUT2D eigenvalue weighted by molar-refractivity contribution is -0.384. The van der Waals surface area contributed by atoms with Crippen molar-refractivity contribution in [3.05, 3.63) is 16.3 Å². The van der Waals surface area contributed by atoms with Crippen molar-refractivity contribution in [3.8, 4) is 0 Å². The fourth-order valence-electron chi connectivity index (χ4n) is 1.42. The average molecular weight is 258 g/mol. The first-order valence-corrected chi connectivity index (χ1v) is 5.49. The van der Waals surface area contributed by atoms with Gasteiger partial charge in [-0.3, -0.25) is 14.8 Å². The van der Waals surface area contributed by atoms with Gasteiger partial charge in [-0.1, -0.05) is 0 Å². The van der Waals surface area contributed by atoms with Crippen molar-refractivity contribution in [1.82, 2.24) is 9.78 Å². The van der Waals surface area contributed by atoms with Gasteiger partial charge < -0.3 is 15.2 Å². The van der Waals surface area contributed by atoms with Crippen molar-refractivity contribution in [3.63, 3.8) is 0 Å². The number of hydrogen-bond acceptors (Lipinski definition) is 6. The van der Waals surface area contributed by atoms with Crippen molar-refractivity contribution >= 4 is 11.5 Å². The smallest absolute Gasteiger partial charge is 0.330 e. The predicted molar refractivity (Wildman–Crippen MR) is 65.5 cm³/mol. The number of nitrogens with one attached hydrogen (secondary N) is 1. The maximum absolute atomic E-state index is 10.8. The summed E-state index contributed by atoms with van der Waals surface area (Å²) in [5.41, 5.74) is -1.12. The van der Waals surface area contributed by atoms with Crippen molar-refractivity contribution < 1.29 is 14.8 Å². The summed E-state index contributed by atoms with van der Waals surface area (Å²) in [6.45, 7) is 2.21. The second kappa shape index (κ2) is 5.78. The van der Waals surface area contributed by atoms with Crippen LogP contribution >= 0.6 is 0 Å². The molecule has 0 aromatic carbocycles. The number of aryl methyl sites for hydroxylation is 1. The molecule has 0 aliphatic heterocycles. The minimum absolute atomic E-state index is 0.111. The Kier molecular flexibility index (Phi) is 4.62. The van der Waals surface area contributed by atoms with Crippen LogP contribution in [0.5, 0.6) is 0 Å². The average Bonchev–Trinajstić information content (AvgIpc) is 2.66. The maximum Gasteiger partial charge on any atom is 0.330 e. The predicted octanol–water partition coefficient (Wildman–Crippen LogP) is 0.528. The molecule has 18 heavy (non-hydrogen) atoms. The molecule has 1 unspecified atom stereocenters.